The van der Waals surface area contributed by atoms with Crippen molar-refractivity contribution >= 4 is 34.7 Å². The zero-order chi connectivity index (χ0) is 26.4. The van der Waals surface area contributed by atoms with Gasteiger partial charge in [-0.25, -0.2) is 4.79 Å². The molecule has 0 radical (unpaired) electrons. The van der Waals surface area contributed by atoms with E-state index in [9.17, 15) is 19.5 Å². The summed E-state index contributed by atoms with van der Waals surface area (Å²) in [6.45, 7) is 6.88. The van der Waals surface area contributed by atoms with Crippen LogP contribution in [0.3, 0.4) is 0 Å². The van der Waals surface area contributed by atoms with Crippen molar-refractivity contribution < 1.29 is 19.5 Å². The third kappa shape index (κ3) is 6.25. The summed E-state index contributed by atoms with van der Waals surface area (Å²) in [6, 6.07) is 23.8. The van der Waals surface area contributed by atoms with E-state index >= 15 is 0 Å². The van der Waals surface area contributed by atoms with Gasteiger partial charge in [-0.05, 0) is 41.3 Å². The van der Waals surface area contributed by atoms with Crippen LogP contribution in [0.1, 0.15) is 41.3 Å². The fraction of sp³-hybridized carbons (Fsp3) is 0.233. The van der Waals surface area contributed by atoms with Gasteiger partial charge in [-0.1, -0.05) is 68.4 Å². The van der Waals surface area contributed by atoms with Crippen LogP contribution >= 0.6 is 0 Å². The minimum atomic E-state index is -1.21. The quantitative estimate of drug-likeness (QED) is 0.454. The number of rotatable bonds is 7. The van der Waals surface area contributed by atoms with Gasteiger partial charge < -0.3 is 20.2 Å². The second-order valence-electron chi connectivity index (χ2n) is 9.29. The maximum atomic E-state index is 13.4. The van der Waals surface area contributed by atoms with Gasteiger partial charge in [0.15, 0.2) is 0 Å². The van der Waals surface area contributed by atoms with E-state index in [1.807, 2.05) is 0 Å². The average Bonchev–Trinajstić information content (AvgIpc) is 2.92. The number of carboxylic acids is 1. The summed E-state index contributed by atoms with van der Waals surface area (Å²) >= 11 is 0. The lowest BCUT2D eigenvalue weighted by atomic mass is 10.0. The van der Waals surface area contributed by atoms with Crippen LogP contribution in [0, 0.1) is 0 Å². The van der Waals surface area contributed by atoms with Crippen molar-refractivity contribution in [2.45, 2.75) is 19.8 Å². The molecule has 37 heavy (non-hydrogen) atoms. The van der Waals surface area contributed by atoms with E-state index in [1.54, 1.807) is 59.5 Å². The van der Waals surface area contributed by atoms with E-state index in [0.29, 0.717) is 48.9 Å². The Kier molecular flexibility index (Phi) is 8.03. The van der Waals surface area contributed by atoms with E-state index in [1.165, 1.54) is 5.56 Å². The molecule has 1 saturated heterocycles. The maximum Gasteiger partial charge on any atom is 0.336 e. The molecule has 7 heteroatoms. The number of para-hydroxylation sites is 1. The van der Waals surface area contributed by atoms with Gasteiger partial charge >= 0.3 is 5.97 Å². The van der Waals surface area contributed by atoms with Crippen LogP contribution in [0.15, 0.2) is 84.9 Å². The molecule has 0 saturated carbocycles. The highest BCUT2D eigenvalue weighted by molar-refractivity contribution is 6.22. The largest absolute Gasteiger partial charge is 0.478 e. The predicted molar refractivity (Wildman–Crippen MR) is 146 cm³/mol. The second-order valence-corrected chi connectivity index (χ2v) is 9.29. The number of aliphatic carboxylic acids is 1. The molecular formula is C30H31N3O4. The van der Waals surface area contributed by atoms with Gasteiger partial charge in [0.2, 0.25) is 5.91 Å². The normalized spacial score (nSPS) is 14.0. The number of amides is 2. The number of hydrogen-bond acceptors (Lipinski definition) is 4. The topological polar surface area (TPSA) is 90.0 Å². The first kappa shape index (κ1) is 25.7. The van der Waals surface area contributed by atoms with Crippen molar-refractivity contribution in [3.8, 4) is 0 Å². The maximum absolute atomic E-state index is 13.4. The second kappa shape index (κ2) is 11.6. The van der Waals surface area contributed by atoms with Gasteiger partial charge in [-0.2, -0.15) is 0 Å². The molecule has 7 nitrogen and oxygen atoms in total. The van der Waals surface area contributed by atoms with E-state index in [0.717, 1.165) is 11.8 Å². The third-order valence-electron chi connectivity index (χ3n) is 6.50. The number of carboxylic acid groups (broad SMARTS) is 1. The van der Waals surface area contributed by atoms with E-state index in [-0.39, 0.29) is 11.5 Å². The molecule has 1 aliphatic rings. The number of carbonyl (C=O) groups is 3. The van der Waals surface area contributed by atoms with Crippen molar-refractivity contribution in [3.63, 3.8) is 0 Å². The summed E-state index contributed by atoms with van der Waals surface area (Å²) in [6.07, 6.45) is 1.04. The molecule has 0 bridgehead atoms. The van der Waals surface area contributed by atoms with Crippen LogP contribution in [0.5, 0.6) is 0 Å². The molecule has 0 aliphatic carbocycles. The van der Waals surface area contributed by atoms with E-state index in [4.69, 9.17) is 0 Å². The highest BCUT2D eigenvalue weighted by Gasteiger charge is 2.24. The van der Waals surface area contributed by atoms with Crippen molar-refractivity contribution in [1.29, 1.82) is 0 Å². The van der Waals surface area contributed by atoms with Crippen molar-refractivity contribution in [2.24, 2.45) is 0 Å². The Balaban J connectivity index is 1.44. The first-order chi connectivity index (χ1) is 17.8. The number of piperazine rings is 1. The first-order valence-electron chi connectivity index (χ1n) is 12.4. The monoisotopic (exact) mass is 497 g/mol. The van der Waals surface area contributed by atoms with Gasteiger partial charge in [0.05, 0.1) is 16.8 Å². The Labute approximate surface area is 217 Å². The number of hydrogen-bond donors (Lipinski definition) is 2. The first-order valence-corrected chi connectivity index (χ1v) is 12.4. The molecule has 1 fully saturated rings. The Hall–Kier alpha value is -4.39. The lowest BCUT2D eigenvalue weighted by molar-refractivity contribution is -0.130. The van der Waals surface area contributed by atoms with Gasteiger partial charge in [0.25, 0.3) is 5.91 Å². The van der Waals surface area contributed by atoms with Crippen LogP contribution in [0.25, 0.3) is 5.57 Å². The number of anilines is 2. The van der Waals surface area contributed by atoms with Crippen LogP contribution < -0.4 is 10.2 Å². The lowest BCUT2D eigenvalue weighted by Crippen LogP contribution is -2.49. The predicted octanol–water partition coefficient (Wildman–Crippen LogP) is 4.88. The van der Waals surface area contributed by atoms with E-state index < -0.39 is 11.9 Å². The minimum Gasteiger partial charge on any atom is -0.478 e. The summed E-state index contributed by atoms with van der Waals surface area (Å²) < 4.78 is 0. The van der Waals surface area contributed by atoms with Crippen LogP contribution in [0.4, 0.5) is 11.4 Å². The average molecular weight is 498 g/mol. The summed E-state index contributed by atoms with van der Waals surface area (Å²) in [4.78, 5) is 41.9. The molecule has 2 amide bonds. The number of nitrogens with zero attached hydrogens (tertiary/aromatic N) is 2. The highest BCUT2D eigenvalue weighted by atomic mass is 16.4. The zero-order valence-electron chi connectivity index (χ0n) is 21.1. The third-order valence-corrected chi connectivity index (χ3v) is 6.50. The van der Waals surface area contributed by atoms with E-state index in [2.05, 4.69) is 48.3 Å². The molecule has 0 atom stereocenters. The van der Waals surface area contributed by atoms with Crippen molar-refractivity contribution in [2.75, 3.05) is 36.4 Å². The van der Waals surface area contributed by atoms with Gasteiger partial charge in [-0.3, -0.25) is 9.59 Å². The Morgan fingerprint density at radius 2 is 1.46 bits per heavy atom. The Bertz CT molecular complexity index is 1290. The highest BCUT2D eigenvalue weighted by Crippen LogP contribution is 2.23. The molecule has 190 valence electrons. The van der Waals surface area contributed by atoms with Gasteiger partial charge in [0.1, 0.15) is 0 Å². The molecule has 3 aromatic carbocycles. The van der Waals surface area contributed by atoms with Gasteiger partial charge in [-0.15, -0.1) is 0 Å². The molecule has 0 spiro atoms. The minimum absolute atomic E-state index is 0.126. The van der Waals surface area contributed by atoms with Gasteiger partial charge in [0, 0.05) is 37.9 Å². The molecule has 0 aromatic heterocycles. The summed E-state index contributed by atoms with van der Waals surface area (Å²) in [5.74, 6) is -1.51. The summed E-state index contributed by atoms with van der Waals surface area (Å²) in [7, 11) is 0. The lowest BCUT2D eigenvalue weighted by Gasteiger charge is -2.36. The molecular weight excluding hydrogens is 466 g/mol. The molecule has 1 heterocycles. The fourth-order valence-electron chi connectivity index (χ4n) is 4.37. The van der Waals surface area contributed by atoms with Crippen molar-refractivity contribution in [3.05, 3.63) is 102 Å². The zero-order valence-corrected chi connectivity index (χ0v) is 21.1. The van der Waals surface area contributed by atoms with Crippen LogP contribution in [-0.4, -0.2) is 54.0 Å². The van der Waals surface area contributed by atoms with Crippen molar-refractivity contribution in [1.82, 2.24) is 4.90 Å². The SMILES string of the molecule is CC(C)c1ccc(N2CCN(C(=O)c3ccccc3NC(=O)C=C(C(=O)O)c3ccccc3)CC2)cc1. The molecule has 3 aromatic rings. The fourth-order valence-corrected chi connectivity index (χ4v) is 4.37. The molecule has 0 unspecified atom stereocenters. The number of nitrogens with one attached hydrogen (secondary N) is 1. The standard InChI is InChI=1S/C30H31N3O4/c1-21(2)22-12-14-24(15-13-22)32-16-18-33(19-17-32)29(35)25-10-6-7-11-27(25)31-28(34)20-26(30(36)37)23-8-4-3-5-9-23/h3-15,20-21H,16-19H2,1-2H3,(H,31,34)(H,36,37). The summed E-state index contributed by atoms with van der Waals surface area (Å²) in [5, 5.41) is 12.3. The smallest absolute Gasteiger partial charge is 0.336 e. The number of benzene rings is 3. The molecule has 1 aliphatic heterocycles. The number of carbonyl (C=O) groups excluding carboxylic acids is 2. The van der Waals surface area contributed by atoms with Crippen LogP contribution in [-0.2, 0) is 9.59 Å². The Morgan fingerprint density at radius 3 is 2.08 bits per heavy atom. The molecule has 4 rings (SSSR count). The Morgan fingerprint density at radius 1 is 0.838 bits per heavy atom. The molecule has 2 N–H and O–H groups in total. The van der Waals surface area contributed by atoms with Crippen LogP contribution in [0.2, 0.25) is 0 Å². The summed E-state index contributed by atoms with van der Waals surface area (Å²) in [5.41, 5.74) is 3.45.